The molecule has 0 amide bonds. The zero-order chi connectivity index (χ0) is 22.4. The zero-order valence-electron chi connectivity index (χ0n) is 18.9. The minimum absolute atomic E-state index is 0.667. The Bertz CT molecular complexity index is 1460. The van der Waals surface area contributed by atoms with E-state index in [-0.39, 0.29) is 0 Å². The highest BCUT2D eigenvalue weighted by molar-refractivity contribution is 5.77. The Balaban J connectivity index is 1.38. The molecule has 33 heavy (non-hydrogen) atoms. The number of benzene rings is 1. The average molecular weight is 435 g/mol. The van der Waals surface area contributed by atoms with E-state index in [4.69, 9.17) is 9.97 Å². The molecule has 0 saturated heterocycles. The minimum atomic E-state index is 0.667. The first kappa shape index (κ1) is 19.9. The second-order valence-corrected chi connectivity index (χ2v) is 8.98. The summed E-state index contributed by atoms with van der Waals surface area (Å²) >= 11 is 0. The van der Waals surface area contributed by atoms with Crippen molar-refractivity contribution in [3.8, 4) is 22.6 Å². The lowest BCUT2D eigenvalue weighted by atomic mass is 9.97. The molecule has 1 aromatic carbocycles. The first-order chi connectivity index (χ1) is 16.2. The number of pyridine rings is 2. The van der Waals surface area contributed by atoms with Gasteiger partial charge in [-0.15, -0.1) is 0 Å². The average Bonchev–Trinajstić information content (AvgIpc) is 3.56. The Morgan fingerprint density at radius 3 is 2.85 bits per heavy atom. The normalized spacial score (nSPS) is 15.3. The lowest BCUT2D eigenvalue weighted by molar-refractivity contribution is 0.746. The van der Waals surface area contributed by atoms with Crippen molar-refractivity contribution in [3.05, 3.63) is 89.3 Å². The monoisotopic (exact) mass is 434 g/mol. The highest BCUT2D eigenvalue weighted by Gasteiger charge is 2.21. The number of hydrogen-bond donors (Lipinski definition) is 1. The summed E-state index contributed by atoms with van der Waals surface area (Å²) in [4.78, 5) is 17.7. The van der Waals surface area contributed by atoms with Crippen LogP contribution in [0.2, 0.25) is 0 Å². The third-order valence-electron chi connectivity index (χ3n) is 6.74. The van der Waals surface area contributed by atoms with Gasteiger partial charge < -0.3 is 4.98 Å². The molecule has 4 heterocycles. The summed E-state index contributed by atoms with van der Waals surface area (Å²) in [6.07, 6.45) is 7.82. The number of H-pyrrole nitrogens is 1. The van der Waals surface area contributed by atoms with Crippen LogP contribution in [0.15, 0.2) is 61.1 Å². The van der Waals surface area contributed by atoms with Gasteiger partial charge in [0.1, 0.15) is 12.2 Å². The number of fused-ring (bicyclic) bond motifs is 2. The molecule has 0 spiro atoms. The van der Waals surface area contributed by atoms with E-state index in [0.29, 0.717) is 5.92 Å². The Morgan fingerprint density at radius 2 is 1.94 bits per heavy atom. The van der Waals surface area contributed by atoms with Crippen LogP contribution in [0, 0.1) is 6.92 Å². The number of rotatable bonds is 5. The summed E-state index contributed by atoms with van der Waals surface area (Å²) < 4.78 is 1.78. The van der Waals surface area contributed by atoms with Gasteiger partial charge >= 0.3 is 0 Å². The highest BCUT2D eigenvalue weighted by atomic mass is 15.3. The molecule has 6 nitrogen and oxygen atoms in total. The van der Waals surface area contributed by atoms with Gasteiger partial charge in [0.15, 0.2) is 5.65 Å². The Kier molecular flexibility index (Phi) is 4.79. The van der Waals surface area contributed by atoms with Crippen molar-refractivity contribution in [1.29, 1.82) is 0 Å². The van der Waals surface area contributed by atoms with E-state index < -0.39 is 0 Å². The standard InChI is InChI=1S/C27H26N6/c1-17-9-12-22-19(6-4-7-21(17)22)10-13-24-31-26(20-11-14-25-28-16-29-33(25)15-20)27(32-24)23-8-3-5-18(2)30-23/h3-8,11,14-17H,9-10,12-13H2,1-2H3,(H,31,32). The van der Waals surface area contributed by atoms with Gasteiger partial charge in [-0.1, -0.05) is 31.2 Å². The Morgan fingerprint density at radius 1 is 1.03 bits per heavy atom. The minimum Gasteiger partial charge on any atom is -0.340 e. The molecule has 6 rings (SSSR count). The van der Waals surface area contributed by atoms with Crippen molar-refractivity contribution in [2.45, 2.75) is 45.4 Å². The maximum absolute atomic E-state index is 5.04. The van der Waals surface area contributed by atoms with Gasteiger partial charge in [0.2, 0.25) is 0 Å². The molecule has 0 saturated carbocycles. The zero-order valence-corrected chi connectivity index (χ0v) is 18.9. The number of aromatic nitrogens is 6. The van der Waals surface area contributed by atoms with Crippen LogP contribution in [-0.4, -0.2) is 29.5 Å². The molecule has 6 heteroatoms. The quantitative estimate of drug-likeness (QED) is 0.406. The van der Waals surface area contributed by atoms with Crippen LogP contribution in [-0.2, 0) is 19.3 Å². The van der Waals surface area contributed by atoms with Crippen molar-refractivity contribution in [3.63, 3.8) is 0 Å². The summed E-state index contributed by atoms with van der Waals surface area (Å²) in [5.74, 6) is 1.64. The van der Waals surface area contributed by atoms with E-state index in [9.17, 15) is 0 Å². The van der Waals surface area contributed by atoms with Gasteiger partial charge in [0.25, 0.3) is 0 Å². The first-order valence-electron chi connectivity index (χ1n) is 11.6. The Hall–Kier alpha value is -3.80. The largest absolute Gasteiger partial charge is 0.340 e. The van der Waals surface area contributed by atoms with Crippen LogP contribution < -0.4 is 0 Å². The molecule has 164 valence electrons. The molecule has 0 fully saturated rings. The van der Waals surface area contributed by atoms with Gasteiger partial charge in [-0.3, -0.25) is 4.98 Å². The molecule has 1 aliphatic carbocycles. The Labute approximate surface area is 192 Å². The summed E-state index contributed by atoms with van der Waals surface area (Å²) in [6, 6.07) is 16.9. The summed E-state index contributed by atoms with van der Waals surface area (Å²) in [5.41, 5.74) is 10.1. The number of hydrogen-bond acceptors (Lipinski definition) is 4. The van der Waals surface area contributed by atoms with Gasteiger partial charge in [-0.25, -0.2) is 14.5 Å². The van der Waals surface area contributed by atoms with Crippen molar-refractivity contribution in [1.82, 2.24) is 29.5 Å². The number of imidazole rings is 1. The lowest BCUT2D eigenvalue weighted by Gasteiger charge is -2.09. The van der Waals surface area contributed by atoms with E-state index in [2.05, 4.69) is 46.3 Å². The highest BCUT2D eigenvalue weighted by Crippen LogP contribution is 2.35. The van der Waals surface area contributed by atoms with Crippen LogP contribution in [0.1, 0.15) is 47.5 Å². The van der Waals surface area contributed by atoms with E-state index in [1.54, 1.807) is 16.4 Å². The maximum atomic E-state index is 5.04. The maximum Gasteiger partial charge on any atom is 0.155 e. The van der Waals surface area contributed by atoms with E-state index in [1.165, 1.54) is 24.0 Å². The van der Waals surface area contributed by atoms with Crippen molar-refractivity contribution in [2.75, 3.05) is 0 Å². The van der Waals surface area contributed by atoms with Crippen LogP contribution in [0.25, 0.3) is 28.3 Å². The number of aromatic amines is 1. The summed E-state index contributed by atoms with van der Waals surface area (Å²) in [5, 5.41) is 4.30. The SMILES string of the molecule is Cc1cccc(-c2[nH]c(CCc3cccc4c3CCC4C)nc2-c2ccc3ncnn3c2)n1. The fourth-order valence-electron chi connectivity index (χ4n) is 5.00. The van der Waals surface area contributed by atoms with Crippen molar-refractivity contribution >= 4 is 5.65 Å². The molecule has 0 radical (unpaired) electrons. The van der Waals surface area contributed by atoms with Gasteiger partial charge in [-0.2, -0.15) is 5.10 Å². The molecule has 0 aliphatic heterocycles. The predicted octanol–water partition coefficient (Wildman–Crippen LogP) is 5.32. The van der Waals surface area contributed by atoms with Crippen molar-refractivity contribution in [2.24, 2.45) is 0 Å². The third kappa shape index (κ3) is 3.61. The first-order valence-corrected chi connectivity index (χ1v) is 11.6. The molecule has 1 aliphatic rings. The van der Waals surface area contributed by atoms with Crippen LogP contribution in [0.5, 0.6) is 0 Å². The molecule has 5 aromatic rings. The van der Waals surface area contributed by atoms with Crippen LogP contribution in [0.4, 0.5) is 0 Å². The molecular formula is C27H26N6. The van der Waals surface area contributed by atoms with E-state index in [1.807, 2.05) is 37.4 Å². The number of aryl methyl sites for hydroxylation is 3. The predicted molar refractivity (Wildman–Crippen MR) is 129 cm³/mol. The number of nitrogens with zero attached hydrogens (tertiary/aromatic N) is 5. The summed E-state index contributed by atoms with van der Waals surface area (Å²) in [7, 11) is 0. The molecule has 4 aromatic heterocycles. The molecule has 1 unspecified atom stereocenters. The molecule has 1 atom stereocenters. The smallest absolute Gasteiger partial charge is 0.155 e. The topological polar surface area (TPSA) is 71.8 Å². The second-order valence-electron chi connectivity index (χ2n) is 8.98. The third-order valence-corrected chi connectivity index (χ3v) is 6.74. The van der Waals surface area contributed by atoms with Crippen LogP contribution in [0.3, 0.4) is 0 Å². The van der Waals surface area contributed by atoms with E-state index >= 15 is 0 Å². The number of nitrogens with one attached hydrogen (secondary N) is 1. The fraction of sp³-hybridized carbons (Fsp3) is 0.259. The lowest BCUT2D eigenvalue weighted by Crippen LogP contribution is -1.98. The molecule has 1 N–H and O–H groups in total. The van der Waals surface area contributed by atoms with E-state index in [0.717, 1.165) is 52.7 Å². The molecular weight excluding hydrogens is 408 g/mol. The fourth-order valence-corrected chi connectivity index (χ4v) is 5.00. The summed E-state index contributed by atoms with van der Waals surface area (Å²) in [6.45, 7) is 4.35. The molecule has 0 bridgehead atoms. The van der Waals surface area contributed by atoms with Crippen molar-refractivity contribution < 1.29 is 0 Å². The van der Waals surface area contributed by atoms with Crippen LogP contribution >= 0.6 is 0 Å². The van der Waals surface area contributed by atoms with Gasteiger partial charge in [-0.05, 0) is 73.1 Å². The van der Waals surface area contributed by atoms with Gasteiger partial charge in [0, 0.05) is 23.9 Å². The second kappa shape index (κ2) is 7.96. The van der Waals surface area contributed by atoms with Gasteiger partial charge in [0.05, 0.1) is 17.1 Å².